The van der Waals surface area contributed by atoms with Crippen LogP contribution in [0.2, 0.25) is 0 Å². The molecule has 104 valence electrons. The predicted molar refractivity (Wildman–Crippen MR) is 68.3 cm³/mol. The summed E-state index contributed by atoms with van der Waals surface area (Å²) in [6.07, 6.45) is 1.43. The molecule has 0 heterocycles. The lowest BCUT2D eigenvalue weighted by Crippen LogP contribution is -2.13. The Balaban J connectivity index is 2.53. The average molecular weight is 335 g/mol. The molecule has 0 aliphatic heterocycles. The van der Waals surface area contributed by atoms with E-state index in [-0.39, 0.29) is 23.7 Å². The van der Waals surface area contributed by atoms with Crippen molar-refractivity contribution in [3.8, 4) is 5.75 Å². The Morgan fingerprint density at radius 1 is 1.58 bits per heavy atom. The zero-order valence-electron chi connectivity index (χ0n) is 10.3. The minimum Gasteiger partial charge on any atom is -0.495 e. The normalized spacial score (nSPS) is 16.2. The molecule has 1 fully saturated rings. The number of halogens is 3. The van der Waals surface area contributed by atoms with Crippen LogP contribution in [0.3, 0.4) is 0 Å². The van der Waals surface area contributed by atoms with Crippen LogP contribution in [0.1, 0.15) is 30.7 Å². The molecular formula is C13H13BrF2O3. The van der Waals surface area contributed by atoms with Crippen molar-refractivity contribution in [2.45, 2.75) is 25.2 Å². The van der Waals surface area contributed by atoms with E-state index in [1.54, 1.807) is 0 Å². The van der Waals surface area contributed by atoms with Gasteiger partial charge in [-0.3, -0.25) is 4.79 Å². The third kappa shape index (κ3) is 2.88. The van der Waals surface area contributed by atoms with Crippen molar-refractivity contribution >= 4 is 21.9 Å². The van der Waals surface area contributed by atoms with Gasteiger partial charge in [0, 0.05) is 11.5 Å². The van der Waals surface area contributed by atoms with Crippen LogP contribution in [0.15, 0.2) is 10.5 Å². The second kappa shape index (κ2) is 5.45. The maximum atomic E-state index is 14.0. The van der Waals surface area contributed by atoms with E-state index in [4.69, 9.17) is 9.84 Å². The fraction of sp³-hybridized carbons (Fsp3) is 0.462. The van der Waals surface area contributed by atoms with Crippen molar-refractivity contribution in [3.63, 3.8) is 0 Å². The molecule has 0 aromatic heterocycles. The molecule has 6 heteroatoms. The van der Waals surface area contributed by atoms with Gasteiger partial charge in [0.2, 0.25) is 0 Å². The van der Waals surface area contributed by atoms with Crippen molar-refractivity contribution in [1.29, 1.82) is 0 Å². The Labute approximate surface area is 117 Å². The van der Waals surface area contributed by atoms with Crippen molar-refractivity contribution in [2.75, 3.05) is 7.11 Å². The number of rotatable bonds is 5. The topological polar surface area (TPSA) is 46.5 Å². The molecule has 0 saturated heterocycles. The molecule has 1 saturated carbocycles. The summed E-state index contributed by atoms with van der Waals surface area (Å²) in [5.41, 5.74) is 0.0271. The molecule has 1 aliphatic carbocycles. The fourth-order valence-corrected chi connectivity index (χ4v) is 2.90. The van der Waals surface area contributed by atoms with Crippen LogP contribution < -0.4 is 4.74 Å². The standard InChI is InChI=1S/C13H13BrF2O3/c1-19-13-8(14)5-9(15)12(16)11(13)7(4-10(17)18)6-2-3-6/h5-7H,2-4H2,1H3,(H,17,18). The first kappa shape index (κ1) is 14.2. The van der Waals surface area contributed by atoms with Crippen LogP contribution in [-0.2, 0) is 4.79 Å². The highest BCUT2D eigenvalue weighted by atomic mass is 79.9. The Bertz CT molecular complexity index is 515. The first-order chi connectivity index (χ1) is 8.95. The van der Waals surface area contributed by atoms with E-state index in [2.05, 4.69) is 15.9 Å². The summed E-state index contributed by atoms with van der Waals surface area (Å²) in [6.45, 7) is 0. The Kier molecular flexibility index (Phi) is 4.08. The Morgan fingerprint density at radius 2 is 2.21 bits per heavy atom. The van der Waals surface area contributed by atoms with E-state index in [0.29, 0.717) is 4.47 Å². The predicted octanol–water partition coefficient (Wildman–Crippen LogP) is 3.70. The van der Waals surface area contributed by atoms with Crippen molar-refractivity contribution < 1.29 is 23.4 Å². The van der Waals surface area contributed by atoms with Crippen molar-refractivity contribution in [2.24, 2.45) is 5.92 Å². The van der Waals surface area contributed by atoms with Gasteiger partial charge in [-0.1, -0.05) is 0 Å². The molecule has 0 radical (unpaired) electrons. The lowest BCUT2D eigenvalue weighted by molar-refractivity contribution is -0.137. The van der Waals surface area contributed by atoms with Gasteiger partial charge < -0.3 is 9.84 Å². The number of carbonyl (C=O) groups is 1. The third-order valence-corrected chi connectivity index (χ3v) is 3.91. The summed E-state index contributed by atoms with van der Waals surface area (Å²) in [7, 11) is 1.35. The number of methoxy groups -OCH3 is 1. The molecule has 0 spiro atoms. The summed E-state index contributed by atoms with van der Waals surface area (Å²) >= 11 is 3.12. The Hall–Kier alpha value is -1.17. The molecule has 1 aromatic carbocycles. The molecule has 19 heavy (non-hydrogen) atoms. The molecule has 2 rings (SSSR count). The second-order valence-electron chi connectivity index (χ2n) is 4.64. The zero-order valence-corrected chi connectivity index (χ0v) is 11.8. The largest absolute Gasteiger partial charge is 0.495 e. The molecule has 0 amide bonds. The molecule has 1 N–H and O–H groups in total. The number of aliphatic carboxylic acids is 1. The molecule has 1 unspecified atom stereocenters. The van der Waals surface area contributed by atoms with Gasteiger partial charge in [-0.2, -0.15) is 0 Å². The summed E-state index contributed by atoms with van der Waals surface area (Å²) in [5, 5.41) is 8.95. The first-order valence-corrected chi connectivity index (χ1v) is 6.68. The number of carboxylic acid groups (broad SMARTS) is 1. The van der Waals surface area contributed by atoms with Gasteiger partial charge >= 0.3 is 5.97 Å². The molecule has 3 nitrogen and oxygen atoms in total. The van der Waals surface area contributed by atoms with Crippen molar-refractivity contribution in [3.05, 3.63) is 27.7 Å². The molecular weight excluding hydrogens is 322 g/mol. The number of hydrogen-bond donors (Lipinski definition) is 1. The molecule has 0 bridgehead atoms. The highest BCUT2D eigenvalue weighted by molar-refractivity contribution is 9.10. The highest BCUT2D eigenvalue weighted by Crippen LogP contribution is 2.49. The summed E-state index contributed by atoms with van der Waals surface area (Å²) in [6, 6.07) is 0.988. The number of hydrogen-bond acceptors (Lipinski definition) is 2. The van der Waals surface area contributed by atoms with E-state index in [1.807, 2.05) is 0 Å². The maximum absolute atomic E-state index is 14.0. The van der Waals surface area contributed by atoms with Gasteiger partial charge in [0.25, 0.3) is 0 Å². The van der Waals surface area contributed by atoms with Crippen LogP contribution >= 0.6 is 15.9 Å². The van der Waals surface area contributed by atoms with Crippen LogP contribution in [0, 0.1) is 17.6 Å². The highest BCUT2D eigenvalue weighted by Gasteiger charge is 2.38. The number of carboxylic acids is 1. The minimum atomic E-state index is -1.03. The SMILES string of the molecule is COc1c(Br)cc(F)c(F)c1C(CC(=O)O)C1CC1. The van der Waals surface area contributed by atoms with Crippen LogP contribution in [-0.4, -0.2) is 18.2 Å². The van der Waals surface area contributed by atoms with Crippen LogP contribution in [0.5, 0.6) is 5.75 Å². The monoisotopic (exact) mass is 334 g/mol. The fourth-order valence-electron chi connectivity index (χ4n) is 2.33. The number of ether oxygens (including phenoxy) is 1. The summed E-state index contributed by atoms with van der Waals surface area (Å²) < 4.78 is 33.0. The van der Waals surface area contributed by atoms with E-state index in [1.165, 1.54) is 7.11 Å². The lowest BCUT2D eigenvalue weighted by atomic mass is 9.89. The van der Waals surface area contributed by atoms with Gasteiger partial charge in [-0.05, 0) is 40.8 Å². The zero-order chi connectivity index (χ0) is 14.2. The average Bonchev–Trinajstić information content (AvgIpc) is 3.14. The third-order valence-electron chi connectivity index (χ3n) is 3.32. The van der Waals surface area contributed by atoms with Gasteiger partial charge in [-0.15, -0.1) is 0 Å². The lowest BCUT2D eigenvalue weighted by Gasteiger charge is -2.20. The van der Waals surface area contributed by atoms with E-state index in [9.17, 15) is 13.6 Å². The second-order valence-corrected chi connectivity index (χ2v) is 5.50. The van der Waals surface area contributed by atoms with Gasteiger partial charge in [-0.25, -0.2) is 8.78 Å². The minimum absolute atomic E-state index is 0.0271. The summed E-state index contributed by atoms with van der Waals surface area (Å²) in [5.74, 6) is -3.35. The molecule has 1 aromatic rings. The van der Waals surface area contributed by atoms with E-state index < -0.39 is 23.5 Å². The molecule has 1 aliphatic rings. The maximum Gasteiger partial charge on any atom is 0.303 e. The van der Waals surface area contributed by atoms with Gasteiger partial charge in [0.05, 0.1) is 18.0 Å². The van der Waals surface area contributed by atoms with Crippen LogP contribution in [0.25, 0.3) is 0 Å². The van der Waals surface area contributed by atoms with E-state index in [0.717, 1.165) is 18.9 Å². The number of benzene rings is 1. The Morgan fingerprint density at radius 3 is 2.68 bits per heavy atom. The van der Waals surface area contributed by atoms with Gasteiger partial charge in [0.1, 0.15) is 5.75 Å². The smallest absolute Gasteiger partial charge is 0.303 e. The quantitative estimate of drug-likeness (QED) is 0.835. The van der Waals surface area contributed by atoms with Crippen molar-refractivity contribution in [1.82, 2.24) is 0 Å². The summed E-state index contributed by atoms with van der Waals surface area (Å²) in [4.78, 5) is 10.9. The van der Waals surface area contributed by atoms with E-state index >= 15 is 0 Å². The first-order valence-electron chi connectivity index (χ1n) is 5.88. The van der Waals surface area contributed by atoms with Crippen LogP contribution in [0.4, 0.5) is 8.78 Å². The van der Waals surface area contributed by atoms with Gasteiger partial charge in [0.15, 0.2) is 11.6 Å². The molecule has 1 atom stereocenters.